The molecule has 1 fully saturated rings. The van der Waals surface area contributed by atoms with Gasteiger partial charge in [0.2, 0.25) is 0 Å². The van der Waals surface area contributed by atoms with E-state index in [0.29, 0.717) is 5.02 Å². The smallest absolute Gasteiger partial charge is 0.255 e. The molecule has 0 aliphatic carbocycles. The van der Waals surface area contributed by atoms with Crippen molar-refractivity contribution in [2.45, 2.75) is 6.42 Å². The summed E-state index contributed by atoms with van der Waals surface area (Å²) in [5, 5.41) is 0.685. The molecule has 4 heteroatoms. The summed E-state index contributed by atoms with van der Waals surface area (Å²) in [6.07, 6.45) is 2.68. The maximum atomic E-state index is 12.1. The second-order valence-electron chi connectivity index (χ2n) is 4.30. The highest BCUT2D eigenvalue weighted by molar-refractivity contribution is 6.30. The Morgan fingerprint density at radius 1 is 1.29 bits per heavy atom. The molecule has 0 aromatic heterocycles. The summed E-state index contributed by atoms with van der Waals surface area (Å²) in [4.78, 5) is 15.8. The molecule has 0 N–H and O–H groups in total. The number of rotatable bonds is 2. The monoisotopic (exact) mass is 250 g/mol. The van der Waals surface area contributed by atoms with Crippen LogP contribution in [0.15, 0.2) is 36.0 Å². The Morgan fingerprint density at radius 2 is 1.94 bits per heavy atom. The number of amides is 1. The number of nitrogens with zero attached hydrogens (tertiary/aromatic N) is 2. The quantitative estimate of drug-likeness (QED) is 0.753. The Labute approximate surface area is 106 Å². The van der Waals surface area contributed by atoms with Crippen molar-refractivity contribution in [1.82, 2.24) is 4.90 Å². The summed E-state index contributed by atoms with van der Waals surface area (Å²) >= 11 is 5.83. The first kappa shape index (κ1) is 12.0. The molecule has 1 aromatic carbocycles. The average molecular weight is 251 g/mol. The predicted molar refractivity (Wildman–Crippen MR) is 70.2 cm³/mol. The van der Waals surface area contributed by atoms with Gasteiger partial charge in [-0.25, -0.2) is 0 Å². The van der Waals surface area contributed by atoms with E-state index < -0.39 is 0 Å². The second-order valence-corrected chi connectivity index (χ2v) is 4.74. The van der Waals surface area contributed by atoms with Crippen LogP contribution < -0.4 is 4.90 Å². The Kier molecular flexibility index (Phi) is 3.38. The lowest BCUT2D eigenvalue weighted by Crippen LogP contribution is -2.24. The van der Waals surface area contributed by atoms with Crippen LogP contribution >= 0.6 is 11.6 Å². The third-order valence-electron chi connectivity index (χ3n) is 2.68. The lowest BCUT2D eigenvalue weighted by atomic mass is 10.2. The van der Waals surface area contributed by atoms with E-state index >= 15 is 0 Å². The van der Waals surface area contributed by atoms with Gasteiger partial charge in [-0.05, 0) is 30.7 Å². The van der Waals surface area contributed by atoms with Crippen molar-refractivity contribution in [2.75, 3.05) is 25.5 Å². The zero-order valence-electron chi connectivity index (χ0n) is 9.98. The molecule has 3 nitrogen and oxygen atoms in total. The lowest BCUT2D eigenvalue weighted by Gasteiger charge is -2.15. The third kappa shape index (κ3) is 2.61. The van der Waals surface area contributed by atoms with Crippen LogP contribution in [-0.2, 0) is 4.79 Å². The van der Waals surface area contributed by atoms with Crippen LogP contribution in [0.4, 0.5) is 5.69 Å². The van der Waals surface area contributed by atoms with E-state index in [9.17, 15) is 4.79 Å². The molecule has 1 amide bonds. The van der Waals surface area contributed by atoms with E-state index in [1.54, 1.807) is 17.0 Å². The van der Waals surface area contributed by atoms with Crippen LogP contribution in [0.2, 0.25) is 5.02 Å². The highest BCUT2D eigenvalue weighted by Crippen LogP contribution is 2.25. The molecule has 1 heterocycles. The third-order valence-corrected chi connectivity index (χ3v) is 2.93. The van der Waals surface area contributed by atoms with E-state index in [-0.39, 0.29) is 5.91 Å². The van der Waals surface area contributed by atoms with E-state index in [1.165, 1.54) is 0 Å². The van der Waals surface area contributed by atoms with Gasteiger partial charge in [-0.15, -0.1) is 0 Å². The standard InChI is InChI=1S/C13H15ClN2O/c1-15(2)9-10-7-8-16(13(10)17)12-5-3-11(14)4-6-12/h3-6,9H,7-8H2,1-2H3. The van der Waals surface area contributed by atoms with Gasteiger partial charge in [-0.2, -0.15) is 0 Å². The van der Waals surface area contributed by atoms with Crippen LogP contribution in [0.1, 0.15) is 6.42 Å². The number of hydrogen-bond donors (Lipinski definition) is 0. The maximum absolute atomic E-state index is 12.1. The second kappa shape index (κ2) is 4.80. The number of hydrogen-bond acceptors (Lipinski definition) is 2. The first-order valence-electron chi connectivity index (χ1n) is 5.52. The molecule has 1 aliphatic heterocycles. The van der Waals surface area contributed by atoms with Gasteiger partial charge in [-0.3, -0.25) is 4.79 Å². The van der Waals surface area contributed by atoms with Gasteiger partial charge < -0.3 is 9.80 Å². The molecule has 0 spiro atoms. The first-order chi connectivity index (χ1) is 8.08. The van der Waals surface area contributed by atoms with E-state index in [2.05, 4.69) is 0 Å². The summed E-state index contributed by atoms with van der Waals surface area (Å²) in [6.45, 7) is 0.736. The molecule has 90 valence electrons. The topological polar surface area (TPSA) is 23.6 Å². The number of anilines is 1. The molecular formula is C13H15ClN2O. The molecule has 17 heavy (non-hydrogen) atoms. The van der Waals surface area contributed by atoms with E-state index in [0.717, 1.165) is 24.2 Å². The fourth-order valence-corrected chi connectivity index (χ4v) is 2.04. The predicted octanol–water partition coefficient (Wildman–Crippen LogP) is 2.52. The van der Waals surface area contributed by atoms with Crippen molar-refractivity contribution < 1.29 is 4.79 Å². The molecule has 0 bridgehead atoms. The Hall–Kier alpha value is -1.48. The SMILES string of the molecule is CN(C)C=C1CCN(c2ccc(Cl)cc2)C1=O. The minimum Gasteiger partial charge on any atom is -0.383 e. The average Bonchev–Trinajstić information content (AvgIpc) is 2.61. The van der Waals surface area contributed by atoms with E-state index in [1.807, 2.05) is 37.3 Å². The van der Waals surface area contributed by atoms with Gasteiger partial charge in [0, 0.05) is 43.1 Å². The van der Waals surface area contributed by atoms with Gasteiger partial charge in [0.15, 0.2) is 0 Å². The van der Waals surface area contributed by atoms with Gasteiger partial charge in [0.05, 0.1) is 0 Å². The molecule has 0 atom stereocenters. The Morgan fingerprint density at radius 3 is 2.53 bits per heavy atom. The Balaban J connectivity index is 2.20. The zero-order chi connectivity index (χ0) is 12.4. The molecule has 1 saturated heterocycles. The number of halogens is 1. The minimum absolute atomic E-state index is 0.0843. The summed E-state index contributed by atoms with van der Waals surface area (Å²) in [7, 11) is 3.84. The molecular weight excluding hydrogens is 236 g/mol. The normalized spacial score (nSPS) is 17.9. The van der Waals surface area contributed by atoms with Crippen LogP contribution in [0, 0.1) is 0 Å². The highest BCUT2D eigenvalue weighted by Gasteiger charge is 2.27. The molecule has 2 rings (SSSR count). The van der Waals surface area contributed by atoms with Gasteiger partial charge >= 0.3 is 0 Å². The molecule has 0 radical (unpaired) electrons. The molecule has 1 aromatic rings. The van der Waals surface area contributed by atoms with Gasteiger partial charge in [-0.1, -0.05) is 11.6 Å². The van der Waals surface area contributed by atoms with Gasteiger partial charge in [0.1, 0.15) is 0 Å². The fraction of sp³-hybridized carbons (Fsp3) is 0.308. The van der Waals surface area contributed by atoms with Crippen LogP contribution in [0.25, 0.3) is 0 Å². The van der Waals surface area contributed by atoms with E-state index in [4.69, 9.17) is 11.6 Å². The Bertz CT molecular complexity index is 451. The zero-order valence-corrected chi connectivity index (χ0v) is 10.7. The minimum atomic E-state index is 0.0843. The van der Waals surface area contributed by atoms with Crippen molar-refractivity contribution in [2.24, 2.45) is 0 Å². The van der Waals surface area contributed by atoms with Crippen LogP contribution in [0.5, 0.6) is 0 Å². The molecule has 1 aliphatic rings. The van der Waals surface area contributed by atoms with Crippen molar-refractivity contribution >= 4 is 23.2 Å². The summed E-state index contributed by atoms with van der Waals surface area (Å²) in [5.74, 6) is 0.0843. The number of benzene rings is 1. The molecule has 0 saturated carbocycles. The number of carbonyl (C=O) groups is 1. The summed E-state index contributed by atoms with van der Waals surface area (Å²) in [6, 6.07) is 7.35. The highest BCUT2D eigenvalue weighted by atomic mass is 35.5. The molecule has 0 unspecified atom stereocenters. The largest absolute Gasteiger partial charge is 0.383 e. The summed E-state index contributed by atoms with van der Waals surface area (Å²) < 4.78 is 0. The van der Waals surface area contributed by atoms with Crippen LogP contribution in [0.3, 0.4) is 0 Å². The van der Waals surface area contributed by atoms with Crippen molar-refractivity contribution in [1.29, 1.82) is 0 Å². The summed E-state index contributed by atoms with van der Waals surface area (Å²) in [5.41, 5.74) is 1.76. The lowest BCUT2D eigenvalue weighted by molar-refractivity contribution is -0.114. The fourth-order valence-electron chi connectivity index (χ4n) is 1.91. The maximum Gasteiger partial charge on any atom is 0.255 e. The van der Waals surface area contributed by atoms with Crippen molar-refractivity contribution in [3.63, 3.8) is 0 Å². The van der Waals surface area contributed by atoms with Gasteiger partial charge in [0.25, 0.3) is 5.91 Å². The van der Waals surface area contributed by atoms with Crippen molar-refractivity contribution in [3.05, 3.63) is 41.1 Å². The first-order valence-corrected chi connectivity index (χ1v) is 5.90. The van der Waals surface area contributed by atoms with Crippen LogP contribution in [-0.4, -0.2) is 31.4 Å². The van der Waals surface area contributed by atoms with Crippen molar-refractivity contribution in [3.8, 4) is 0 Å². The number of carbonyl (C=O) groups excluding carboxylic acids is 1.